The van der Waals surface area contributed by atoms with Gasteiger partial charge in [0.2, 0.25) is 0 Å². The lowest BCUT2D eigenvalue weighted by molar-refractivity contribution is -0.153. The van der Waals surface area contributed by atoms with Gasteiger partial charge in [-0.2, -0.15) is 0 Å². The first-order valence-electron chi connectivity index (χ1n) is 5.45. The normalized spacial score (nSPS) is 13.7. The number of carbonyl (C=O) groups is 1. The maximum atomic E-state index is 11.2. The van der Waals surface area contributed by atoms with Crippen LogP contribution in [0.15, 0.2) is 0 Å². The van der Waals surface area contributed by atoms with E-state index in [0.717, 1.165) is 12.8 Å². The van der Waals surface area contributed by atoms with E-state index in [1.54, 1.807) is 0 Å². The van der Waals surface area contributed by atoms with Gasteiger partial charge in [-0.25, -0.2) is 0 Å². The maximum absolute atomic E-state index is 11.2. The number of nitrogens with one attached hydrogen (secondary N) is 1. The number of aliphatic hydroxyl groups is 1. The van der Waals surface area contributed by atoms with Crippen molar-refractivity contribution in [3.05, 3.63) is 0 Å². The Balaban J connectivity index is 3.55. The van der Waals surface area contributed by atoms with Crippen LogP contribution in [0.5, 0.6) is 0 Å². The SMILES string of the molecule is CCCC(O)CNCC(=O)OC(C)(C)C. The zero-order valence-electron chi connectivity index (χ0n) is 10.2. The van der Waals surface area contributed by atoms with Gasteiger partial charge in [0.1, 0.15) is 5.60 Å². The second kappa shape index (κ2) is 6.80. The van der Waals surface area contributed by atoms with Crippen LogP contribution in [0.4, 0.5) is 0 Å². The summed E-state index contributed by atoms with van der Waals surface area (Å²) >= 11 is 0. The van der Waals surface area contributed by atoms with Crippen LogP contribution in [-0.2, 0) is 9.53 Å². The molecule has 1 atom stereocenters. The molecule has 0 rings (SSSR count). The number of aliphatic hydroxyl groups excluding tert-OH is 1. The summed E-state index contributed by atoms with van der Waals surface area (Å²) in [5, 5.41) is 12.2. The van der Waals surface area contributed by atoms with Crippen LogP contribution in [0.1, 0.15) is 40.5 Å². The molecule has 0 saturated carbocycles. The molecule has 0 saturated heterocycles. The first kappa shape index (κ1) is 14.4. The van der Waals surface area contributed by atoms with E-state index < -0.39 is 5.60 Å². The van der Waals surface area contributed by atoms with Crippen LogP contribution in [0, 0.1) is 0 Å². The van der Waals surface area contributed by atoms with Gasteiger partial charge in [-0.05, 0) is 27.2 Å². The molecule has 4 nitrogen and oxygen atoms in total. The molecular formula is C11H23NO3. The summed E-state index contributed by atoms with van der Waals surface area (Å²) in [7, 11) is 0. The fraction of sp³-hybridized carbons (Fsp3) is 0.909. The molecule has 2 N–H and O–H groups in total. The average molecular weight is 217 g/mol. The predicted molar refractivity (Wildman–Crippen MR) is 59.6 cm³/mol. The van der Waals surface area contributed by atoms with Crippen molar-refractivity contribution >= 4 is 5.97 Å². The Bertz CT molecular complexity index is 187. The summed E-state index contributed by atoms with van der Waals surface area (Å²) in [5.41, 5.74) is -0.444. The molecule has 0 spiro atoms. The quantitative estimate of drug-likeness (QED) is 0.654. The first-order valence-corrected chi connectivity index (χ1v) is 5.45. The van der Waals surface area contributed by atoms with E-state index in [0.29, 0.717) is 6.54 Å². The van der Waals surface area contributed by atoms with E-state index in [-0.39, 0.29) is 18.6 Å². The molecule has 0 aromatic carbocycles. The number of hydrogen-bond acceptors (Lipinski definition) is 4. The minimum absolute atomic E-state index is 0.151. The minimum Gasteiger partial charge on any atom is -0.459 e. The van der Waals surface area contributed by atoms with Gasteiger partial charge in [0.05, 0.1) is 12.6 Å². The molecule has 90 valence electrons. The second-order valence-electron chi connectivity index (χ2n) is 4.66. The largest absolute Gasteiger partial charge is 0.459 e. The Labute approximate surface area is 92.0 Å². The lowest BCUT2D eigenvalue weighted by atomic mass is 10.2. The second-order valence-corrected chi connectivity index (χ2v) is 4.66. The lowest BCUT2D eigenvalue weighted by Crippen LogP contribution is -2.35. The molecule has 0 bridgehead atoms. The molecule has 0 aliphatic heterocycles. The average Bonchev–Trinajstić information content (AvgIpc) is 2.00. The van der Waals surface area contributed by atoms with E-state index in [4.69, 9.17) is 4.74 Å². The van der Waals surface area contributed by atoms with Crippen LogP contribution in [0.3, 0.4) is 0 Å². The third-order valence-electron chi connectivity index (χ3n) is 1.69. The molecule has 0 aliphatic carbocycles. The standard InChI is InChI=1S/C11H23NO3/c1-5-6-9(13)7-12-8-10(14)15-11(2,3)4/h9,12-13H,5-8H2,1-4H3. The summed E-state index contributed by atoms with van der Waals surface area (Å²) < 4.78 is 5.10. The van der Waals surface area contributed by atoms with Crippen molar-refractivity contribution in [2.24, 2.45) is 0 Å². The number of carbonyl (C=O) groups excluding carboxylic acids is 1. The van der Waals surface area contributed by atoms with Crippen molar-refractivity contribution in [3.63, 3.8) is 0 Å². The molecule has 0 heterocycles. The number of ether oxygens (including phenoxy) is 1. The molecule has 0 amide bonds. The van der Waals surface area contributed by atoms with Crippen LogP contribution < -0.4 is 5.32 Å². The van der Waals surface area contributed by atoms with Gasteiger partial charge in [0.25, 0.3) is 0 Å². The van der Waals surface area contributed by atoms with Gasteiger partial charge < -0.3 is 15.2 Å². The highest BCUT2D eigenvalue weighted by Gasteiger charge is 2.15. The summed E-state index contributed by atoms with van der Waals surface area (Å²) in [5.74, 6) is -0.286. The summed E-state index contributed by atoms with van der Waals surface area (Å²) in [4.78, 5) is 11.2. The fourth-order valence-corrected chi connectivity index (χ4v) is 1.15. The van der Waals surface area contributed by atoms with Gasteiger partial charge >= 0.3 is 5.97 Å². The Morgan fingerprint density at radius 3 is 2.53 bits per heavy atom. The molecule has 15 heavy (non-hydrogen) atoms. The Kier molecular flexibility index (Phi) is 6.52. The predicted octanol–water partition coefficient (Wildman–Crippen LogP) is 1.08. The zero-order valence-corrected chi connectivity index (χ0v) is 10.2. The molecular weight excluding hydrogens is 194 g/mol. The third-order valence-corrected chi connectivity index (χ3v) is 1.69. The van der Waals surface area contributed by atoms with Crippen LogP contribution in [0.2, 0.25) is 0 Å². The van der Waals surface area contributed by atoms with Gasteiger partial charge in [0.15, 0.2) is 0 Å². The number of esters is 1. The van der Waals surface area contributed by atoms with Crippen molar-refractivity contribution in [1.82, 2.24) is 5.32 Å². The summed E-state index contributed by atoms with van der Waals surface area (Å²) in [6.07, 6.45) is 1.31. The smallest absolute Gasteiger partial charge is 0.320 e. The third kappa shape index (κ3) is 9.69. The van der Waals surface area contributed by atoms with Crippen molar-refractivity contribution in [2.45, 2.75) is 52.2 Å². The molecule has 0 aromatic heterocycles. The van der Waals surface area contributed by atoms with Crippen molar-refractivity contribution in [2.75, 3.05) is 13.1 Å². The number of hydrogen-bond donors (Lipinski definition) is 2. The first-order chi connectivity index (χ1) is 6.85. The highest BCUT2D eigenvalue weighted by molar-refractivity contribution is 5.72. The van der Waals surface area contributed by atoms with Gasteiger partial charge in [-0.3, -0.25) is 4.79 Å². The van der Waals surface area contributed by atoms with E-state index >= 15 is 0 Å². The Hall–Kier alpha value is -0.610. The van der Waals surface area contributed by atoms with E-state index in [2.05, 4.69) is 5.32 Å². The fourth-order valence-electron chi connectivity index (χ4n) is 1.15. The maximum Gasteiger partial charge on any atom is 0.320 e. The van der Waals surface area contributed by atoms with Crippen molar-refractivity contribution in [3.8, 4) is 0 Å². The molecule has 0 aromatic rings. The Morgan fingerprint density at radius 2 is 2.07 bits per heavy atom. The number of rotatable bonds is 6. The van der Waals surface area contributed by atoms with Crippen LogP contribution >= 0.6 is 0 Å². The van der Waals surface area contributed by atoms with Gasteiger partial charge in [0, 0.05) is 6.54 Å². The lowest BCUT2D eigenvalue weighted by Gasteiger charge is -2.19. The molecule has 0 fully saturated rings. The van der Waals surface area contributed by atoms with Crippen LogP contribution in [-0.4, -0.2) is 35.9 Å². The molecule has 0 aliphatic rings. The highest BCUT2D eigenvalue weighted by atomic mass is 16.6. The highest BCUT2D eigenvalue weighted by Crippen LogP contribution is 2.06. The molecule has 1 unspecified atom stereocenters. The van der Waals surface area contributed by atoms with E-state index in [1.807, 2.05) is 27.7 Å². The molecule has 4 heteroatoms. The van der Waals surface area contributed by atoms with Crippen molar-refractivity contribution in [1.29, 1.82) is 0 Å². The Morgan fingerprint density at radius 1 is 1.47 bits per heavy atom. The van der Waals surface area contributed by atoms with E-state index in [9.17, 15) is 9.90 Å². The topological polar surface area (TPSA) is 58.6 Å². The van der Waals surface area contributed by atoms with E-state index in [1.165, 1.54) is 0 Å². The van der Waals surface area contributed by atoms with Crippen molar-refractivity contribution < 1.29 is 14.6 Å². The van der Waals surface area contributed by atoms with Gasteiger partial charge in [-0.15, -0.1) is 0 Å². The monoisotopic (exact) mass is 217 g/mol. The van der Waals surface area contributed by atoms with Gasteiger partial charge in [-0.1, -0.05) is 13.3 Å². The zero-order chi connectivity index (χ0) is 11.9. The summed E-state index contributed by atoms with van der Waals surface area (Å²) in [6.45, 7) is 8.09. The minimum atomic E-state index is -0.444. The molecule has 0 radical (unpaired) electrons. The summed E-state index contributed by atoms with van der Waals surface area (Å²) in [6, 6.07) is 0. The van der Waals surface area contributed by atoms with Crippen LogP contribution in [0.25, 0.3) is 0 Å².